The van der Waals surface area contributed by atoms with E-state index in [-0.39, 0.29) is 44.2 Å². The lowest BCUT2D eigenvalue weighted by atomic mass is 9.81. The molecule has 0 saturated carbocycles. The van der Waals surface area contributed by atoms with Crippen LogP contribution in [0.4, 0.5) is 0 Å². The molecule has 228 valence electrons. The van der Waals surface area contributed by atoms with E-state index in [0.717, 1.165) is 0 Å². The second-order valence-electron chi connectivity index (χ2n) is 11.5. The number of aliphatic hydroxyl groups excluding tert-OH is 4. The lowest BCUT2D eigenvalue weighted by Gasteiger charge is -2.46. The van der Waals surface area contributed by atoms with Crippen LogP contribution in [0.1, 0.15) is 53.9 Å². The third-order valence-corrected chi connectivity index (χ3v) is 7.30. The van der Waals surface area contributed by atoms with Crippen LogP contribution in [-0.2, 0) is 23.7 Å². The predicted molar refractivity (Wildman–Crippen MR) is 142 cm³/mol. The number of nitrogens with two attached hydrogens (primary N) is 1. The highest BCUT2D eigenvalue weighted by molar-refractivity contribution is 5.80. The molecular weight excluding hydrogens is 512 g/mol. The molecule has 8 N–H and O–H groups in total. The molecule has 5 unspecified atom stereocenters. The Balaban J connectivity index is 2.34. The van der Waals surface area contributed by atoms with Gasteiger partial charge in [0.2, 0.25) is 5.91 Å². The number of ether oxygens (including phenoxy) is 4. The molecule has 2 heterocycles. The van der Waals surface area contributed by atoms with Crippen molar-refractivity contribution in [2.75, 3.05) is 20.3 Å². The van der Waals surface area contributed by atoms with E-state index in [0.29, 0.717) is 0 Å². The standard InChI is InChI=1S/C27H50N2O10/c1-14(2)7-8-17(38-26-24(33)22(28)23(32)16(5)37-26)11-20-21(25(34)29-9-10-36-6)19(31)13-27(35,39-20)12-18(30)15(3)4/h7-8,14-24,26,30-33,35H,9-13,28H2,1-6H3,(H,29,34)/b8-7+/t16?,17-,18+,19-,20-,21+,22?,23?,24?,26?,27+/m0/s1. The molecule has 0 spiro atoms. The van der Waals surface area contributed by atoms with Crippen molar-refractivity contribution in [1.29, 1.82) is 0 Å². The number of allylic oxidation sites excluding steroid dienone is 1. The van der Waals surface area contributed by atoms with Crippen molar-refractivity contribution in [3.8, 4) is 0 Å². The fourth-order valence-electron chi connectivity index (χ4n) is 4.84. The Morgan fingerprint density at radius 2 is 1.85 bits per heavy atom. The van der Waals surface area contributed by atoms with Crippen LogP contribution >= 0.6 is 0 Å². The summed E-state index contributed by atoms with van der Waals surface area (Å²) in [4.78, 5) is 13.1. The van der Waals surface area contributed by atoms with Gasteiger partial charge in [0.25, 0.3) is 0 Å². The van der Waals surface area contributed by atoms with Crippen molar-refractivity contribution >= 4 is 5.91 Å². The number of nitrogens with one attached hydrogen (secondary N) is 1. The summed E-state index contributed by atoms with van der Waals surface area (Å²) in [5.74, 6) is -3.45. The van der Waals surface area contributed by atoms with E-state index < -0.39 is 72.7 Å². The minimum absolute atomic E-state index is 0.00147. The SMILES string of the molecule is COCCNC(=O)[C@H]1[C@H](C[C@H](/C=C/C(C)C)OC2OC(C)C(O)C(N)C2O)O[C@](O)(C[C@@H](O)C(C)C)C[C@@H]1O. The number of methoxy groups -OCH3 is 1. The maximum atomic E-state index is 13.1. The highest BCUT2D eigenvalue weighted by Gasteiger charge is 2.50. The van der Waals surface area contributed by atoms with Gasteiger partial charge in [-0.1, -0.05) is 39.8 Å². The molecule has 0 aromatic heterocycles. The van der Waals surface area contributed by atoms with Gasteiger partial charge in [-0.25, -0.2) is 0 Å². The summed E-state index contributed by atoms with van der Waals surface area (Å²) in [5, 5.41) is 56.3. The summed E-state index contributed by atoms with van der Waals surface area (Å²) in [7, 11) is 1.50. The van der Waals surface area contributed by atoms with E-state index in [4.69, 9.17) is 24.7 Å². The maximum absolute atomic E-state index is 13.1. The topological polar surface area (TPSA) is 193 Å². The number of carbonyl (C=O) groups excluding carboxylic acids is 1. The van der Waals surface area contributed by atoms with E-state index in [1.54, 1.807) is 26.8 Å². The molecule has 39 heavy (non-hydrogen) atoms. The van der Waals surface area contributed by atoms with E-state index in [2.05, 4.69) is 5.32 Å². The summed E-state index contributed by atoms with van der Waals surface area (Å²) < 4.78 is 22.9. The molecule has 0 bridgehead atoms. The van der Waals surface area contributed by atoms with Gasteiger partial charge in [0, 0.05) is 32.9 Å². The lowest BCUT2D eigenvalue weighted by Crippen LogP contribution is -2.62. The van der Waals surface area contributed by atoms with Crippen LogP contribution in [0.15, 0.2) is 12.2 Å². The molecule has 2 saturated heterocycles. The predicted octanol–water partition coefficient (Wildman–Crippen LogP) is -0.608. The molecule has 2 fully saturated rings. The Labute approximate surface area is 231 Å². The fourth-order valence-corrected chi connectivity index (χ4v) is 4.84. The smallest absolute Gasteiger partial charge is 0.228 e. The summed E-state index contributed by atoms with van der Waals surface area (Å²) in [6, 6.07) is -0.997. The van der Waals surface area contributed by atoms with E-state index in [1.165, 1.54) is 7.11 Å². The van der Waals surface area contributed by atoms with Crippen molar-refractivity contribution < 1.29 is 49.3 Å². The summed E-state index contributed by atoms with van der Waals surface area (Å²) in [6.45, 7) is 9.64. The third kappa shape index (κ3) is 9.70. The first-order chi connectivity index (χ1) is 18.2. The van der Waals surface area contributed by atoms with Gasteiger partial charge in [-0.15, -0.1) is 0 Å². The zero-order chi connectivity index (χ0) is 29.5. The van der Waals surface area contributed by atoms with Gasteiger partial charge in [-0.05, 0) is 18.8 Å². The molecule has 0 aromatic carbocycles. The molecule has 12 nitrogen and oxygen atoms in total. The number of rotatable bonds is 13. The van der Waals surface area contributed by atoms with Crippen LogP contribution < -0.4 is 11.1 Å². The molecule has 0 aliphatic carbocycles. The van der Waals surface area contributed by atoms with Crippen LogP contribution in [0.25, 0.3) is 0 Å². The van der Waals surface area contributed by atoms with E-state index in [9.17, 15) is 30.3 Å². The quantitative estimate of drug-likeness (QED) is 0.112. The Morgan fingerprint density at radius 1 is 1.18 bits per heavy atom. The first kappa shape index (κ1) is 34.0. The lowest BCUT2D eigenvalue weighted by molar-refractivity contribution is -0.307. The van der Waals surface area contributed by atoms with Gasteiger partial charge < -0.3 is 55.5 Å². The van der Waals surface area contributed by atoms with E-state index >= 15 is 0 Å². The number of hydrogen-bond donors (Lipinski definition) is 7. The Kier molecular flexibility index (Phi) is 13.2. The molecule has 2 aliphatic heterocycles. The third-order valence-electron chi connectivity index (χ3n) is 7.30. The van der Waals surface area contributed by atoms with Crippen LogP contribution in [-0.4, -0.2) is 113 Å². The van der Waals surface area contributed by atoms with Gasteiger partial charge in [0.1, 0.15) is 6.10 Å². The van der Waals surface area contributed by atoms with Crippen molar-refractivity contribution in [1.82, 2.24) is 5.32 Å². The van der Waals surface area contributed by atoms with Gasteiger partial charge in [0.05, 0.1) is 55.2 Å². The number of carbonyl (C=O) groups is 1. The first-order valence-electron chi connectivity index (χ1n) is 13.8. The molecular formula is C27H50N2O10. The van der Waals surface area contributed by atoms with Crippen molar-refractivity contribution in [2.24, 2.45) is 23.5 Å². The molecule has 11 atom stereocenters. The normalized spacial score (nSPS) is 37.4. The molecule has 1 amide bonds. The largest absolute Gasteiger partial charge is 0.393 e. The minimum Gasteiger partial charge on any atom is -0.393 e. The Morgan fingerprint density at radius 3 is 2.44 bits per heavy atom. The maximum Gasteiger partial charge on any atom is 0.228 e. The molecule has 2 aliphatic rings. The summed E-state index contributed by atoms with van der Waals surface area (Å²) in [5.41, 5.74) is 5.97. The van der Waals surface area contributed by atoms with Gasteiger partial charge in [-0.3, -0.25) is 4.79 Å². The van der Waals surface area contributed by atoms with Gasteiger partial charge in [-0.2, -0.15) is 0 Å². The van der Waals surface area contributed by atoms with Crippen LogP contribution in [0.3, 0.4) is 0 Å². The zero-order valence-electron chi connectivity index (χ0n) is 24.0. The monoisotopic (exact) mass is 562 g/mol. The number of aliphatic hydroxyl groups is 5. The summed E-state index contributed by atoms with van der Waals surface area (Å²) in [6.07, 6.45) is -5.06. The molecule has 2 rings (SSSR count). The Bertz CT molecular complexity index is 784. The number of amides is 1. The molecule has 12 heteroatoms. The average molecular weight is 563 g/mol. The van der Waals surface area contributed by atoms with Gasteiger partial charge in [0.15, 0.2) is 12.1 Å². The van der Waals surface area contributed by atoms with Crippen LogP contribution in [0.2, 0.25) is 0 Å². The molecule has 0 radical (unpaired) electrons. The summed E-state index contributed by atoms with van der Waals surface area (Å²) >= 11 is 0. The zero-order valence-corrected chi connectivity index (χ0v) is 24.0. The highest BCUT2D eigenvalue weighted by atomic mass is 16.7. The molecule has 0 aromatic rings. The van der Waals surface area contributed by atoms with Crippen molar-refractivity contribution in [2.45, 2.75) is 115 Å². The second kappa shape index (κ2) is 15.2. The first-order valence-corrected chi connectivity index (χ1v) is 13.8. The van der Waals surface area contributed by atoms with E-state index in [1.807, 2.05) is 19.9 Å². The average Bonchev–Trinajstić information content (AvgIpc) is 2.83. The fraction of sp³-hybridized carbons (Fsp3) is 0.889. The minimum atomic E-state index is -1.88. The van der Waals surface area contributed by atoms with Gasteiger partial charge >= 0.3 is 0 Å². The van der Waals surface area contributed by atoms with Crippen LogP contribution in [0, 0.1) is 17.8 Å². The van der Waals surface area contributed by atoms with Crippen molar-refractivity contribution in [3.63, 3.8) is 0 Å². The number of hydrogen-bond acceptors (Lipinski definition) is 11. The van der Waals surface area contributed by atoms with Crippen molar-refractivity contribution in [3.05, 3.63) is 12.2 Å². The second-order valence-corrected chi connectivity index (χ2v) is 11.5. The Hall–Kier alpha value is -1.19. The van der Waals surface area contributed by atoms with Crippen LogP contribution in [0.5, 0.6) is 0 Å². The highest BCUT2D eigenvalue weighted by Crippen LogP contribution is 2.38.